The zero-order valence-corrected chi connectivity index (χ0v) is 14.0. The third-order valence-electron chi connectivity index (χ3n) is 4.43. The van der Waals surface area contributed by atoms with E-state index in [9.17, 15) is 8.42 Å². The standard InChI is InChI=1S/C14H23N3O2S2/c1-15-9-13-8-14(10-20-13)21(18,19)16-11-4-6-17-5-2-3-12(17)7-11/h8,10-12,15-16H,2-7,9H2,1H3. The monoisotopic (exact) mass is 329 g/mol. The molecule has 2 unspecified atom stereocenters. The summed E-state index contributed by atoms with van der Waals surface area (Å²) in [6, 6.07) is 2.43. The van der Waals surface area contributed by atoms with Crippen LogP contribution in [0.4, 0.5) is 0 Å². The van der Waals surface area contributed by atoms with Gasteiger partial charge in [-0.25, -0.2) is 13.1 Å². The summed E-state index contributed by atoms with van der Waals surface area (Å²) >= 11 is 1.49. The summed E-state index contributed by atoms with van der Waals surface area (Å²) in [5, 5.41) is 4.78. The molecule has 3 rings (SSSR count). The summed E-state index contributed by atoms with van der Waals surface area (Å²) in [5.41, 5.74) is 0. The second-order valence-electron chi connectivity index (χ2n) is 5.95. The highest BCUT2D eigenvalue weighted by atomic mass is 32.2. The zero-order valence-electron chi connectivity index (χ0n) is 12.3. The molecule has 21 heavy (non-hydrogen) atoms. The quantitative estimate of drug-likeness (QED) is 0.857. The summed E-state index contributed by atoms with van der Waals surface area (Å²) in [4.78, 5) is 3.95. The fraction of sp³-hybridized carbons (Fsp3) is 0.714. The molecule has 2 fully saturated rings. The topological polar surface area (TPSA) is 61.4 Å². The van der Waals surface area contributed by atoms with Gasteiger partial charge >= 0.3 is 0 Å². The van der Waals surface area contributed by atoms with Crippen LogP contribution in [0.15, 0.2) is 16.3 Å². The van der Waals surface area contributed by atoms with Crippen molar-refractivity contribution in [3.8, 4) is 0 Å². The van der Waals surface area contributed by atoms with Crippen LogP contribution in [0.5, 0.6) is 0 Å². The molecule has 0 spiro atoms. The van der Waals surface area contributed by atoms with E-state index in [1.165, 1.54) is 30.7 Å². The molecule has 1 aromatic heterocycles. The van der Waals surface area contributed by atoms with Crippen LogP contribution in [0.1, 0.15) is 30.6 Å². The molecular formula is C14H23N3O2S2. The number of hydrogen-bond donors (Lipinski definition) is 2. The summed E-state index contributed by atoms with van der Waals surface area (Å²) in [6.45, 7) is 2.91. The lowest BCUT2D eigenvalue weighted by Gasteiger charge is -2.34. The third kappa shape index (κ3) is 3.48. The average molecular weight is 329 g/mol. The molecule has 5 nitrogen and oxygen atoms in total. The molecule has 2 N–H and O–H groups in total. The minimum absolute atomic E-state index is 0.0852. The van der Waals surface area contributed by atoms with Crippen molar-refractivity contribution in [1.82, 2.24) is 14.9 Å². The molecule has 0 aliphatic carbocycles. The van der Waals surface area contributed by atoms with Gasteiger partial charge in [0.15, 0.2) is 0 Å². The van der Waals surface area contributed by atoms with Crippen molar-refractivity contribution in [2.24, 2.45) is 0 Å². The molecule has 0 bridgehead atoms. The second-order valence-corrected chi connectivity index (χ2v) is 8.66. The Bertz CT molecular complexity index is 585. The van der Waals surface area contributed by atoms with E-state index in [0.717, 1.165) is 24.3 Å². The van der Waals surface area contributed by atoms with Crippen LogP contribution >= 0.6 is 11.3 Å². The van der Waals surface area contributed by atoms with Crippen molar-refractivity contribution in [2.45, 2.75) is 49.2 Å². The molecule has 2 atom stereocenters. The van der Waals surface area contributed by atoms with Gasteiger partial charge in [0.25, 0.3) is 0 Å². The van der Waals surface area contributed by atoms with Crippen molar-refractivity contribution in [3.63, 3.8) is 0 Å². The van der Waals surface area contributed by atoms with E-state index in [1.807, 2.05) is 7.05 Å². The van der Waals surface area contributed by atoms with Crippen molar-refractivity contribution >= 4 is 21.4 Å². The van der Waals surface area contributed by atoms with Gasteiger partial charge in [-0.1, -0.05) is 0 Å². The van der Waals surface area contributed by atoms with E-state index < -0.39 is 10.0 Å². The third-order valence-corrected chi connectivity index (χ3v) is 7.02. The molecule has 118 valence electrons. The Morgan fingerprint density at radius 2 is 2.24 bits per heavy atom. The molecule has 0 aromatic carbocycles. The van der Waals surface area contributed by atoms with Crippen LogP contribution in [-0.4, -0.2) is 45.5 Å². The maximum Gasteiger partial charge on any atom is 0.241 e. The first-order chi connectivity index (χ1) is 10.1. The molecule has 0 radical (unpaired) electrons. The van der Waals surface area contributed by atoms with Gasteiger partial charge in [-0.3, -0.25) is 0 Å². The van der Waals surface area contributed by atoms with Gasteiger partial charge in [0, 0.05) is 28.9 Å². The predicted molar refractivity (Wildman–Crippen MR) is 85.0 cm³/mol. The van der Waals surface area contributed by atoms with Crippen LogP contribution in [0.3, 0.4) is 0 Å². The number of thiophene rings is 1. The van der Waals surface area contributed by atoms with Gasteiger partial charge in [0.2, 0.25) is 10.0 Å². The van der Waals surface area contributed by atoms with Crippen molar-refractivity contribution < 1.29 is 8.42 Å². The fourth-order valence-electron chi connectivity index (χ4n) is 3.39. The first-order valence-corrected chi connectivity index (χ1v) is 9.93. The number of fused-ring (bicyclic) bond motifs is 1. The highest BCUT2D eigenvalue weighted by molar-refractivity contribution is 7.89. The van der Waals surface area contributed by atoms with Crippen molar-refractivity contribution in [2.75, 3.05) is 20.1 Å². The molecule has 3 heterocycles. The maximum absolute atomic E-state index is 12.5. The molecule has 7 heteroatoms. The Hall–Kier alpha value is -0.470. The SMILES string of the molecule is CNCc1cc(S(=O)(=O)NC2CCN3CCCC3C2)cs1. The number of piperidine rings is 1. The number of rotatable bonds is 5. The first kappa shape index (κ1) is 15.4. The first-order valence-electron chi connectivity index (χ1n) is 7.57. The molecule has 0 saturated carbocycles. The van der Waals surface area contributed by atoms with Crippen LogP contribution in [0.25, 0.3) is 0 Å². The molecule has 2 aliphatic rings. The van der Waals surface area contributed by atoms with Gasteiger partial charge in [-0.05, 0) is 51.9 Å². The highest BCUT2D eigenvalue weighted by Gasteiger charge is 2.33. The van der Waals surface area contributed by atoms with E-state index >= 15 is 0 Å². The Balaban J connectivity index is 1.65. The Kier molecular flexibility index (Phi) is 4.66. The number of nitrogens with one attached hydrogen (secondary N) is 2. The van der Waals surface area contributed by atoms with Gasteiger partial charge in [0.05, 0.1) is 4.90 Å². The summed E-state index contributed by atoms with van der Waals surface area (Å²) in [6.07, 6.45) is 4.33. The smallest absolute Gasteiger partial charge is 0.241 e. The van der Waals surface area contributed by atoms with E-state index in [-0.39, 0.29) is 6.04 Å². The second kappa shape index (κ2) is 6.34. The Labute approximate surface area is 130 Å². The van der Waals surface area contributed by atoms with Gasteiger partial charge in [-0.2, -0.15) is 0 Å². The van der Waals surface area contributed by atoms with E-state index in [4.69, 9.17) is 0 Å². The van der Waals surface area contributed by atoms with Crippen LogP contribution in [-0.2, 0) is 16.6 Å². The zero-order chi connectivity index (χ0) is 14.9. The maximum atomic E-state index is 12.5. The molecule has 2 aliphatic heterocycles. The van der Waals surface area contributed by atoms with Crippen LogP contribution in [0.2, 0.25) is 0 Å². The van der Waals surface area contributed by atoms with E-state index in [1.54, 1.807) is 11.4 Å². The lowest BCUT2D eigenvalue weighted by Crippen LogP contribution is -2.47. The molecule has 2 saturated heterocycles. The van der Waals surface area contributed by atoms with E-state index in [0.29, 0.717) is 17.5 Å². The summed E-state index contributed by atoms with van der Waals surface area (Å²) in [5.74, 6) is 0. The number of hydrogen-bond acceptors (Lipinski definition) is 5. The molecular weight excluding hydrogens is 306 g/mol. The minimum atomic E-state index is -3.37. The minimum Gasteiger partial charge on any atom is -0.315 e. The Morgan fingerprint density at radius 3 is 3.05 bits per heavy atom. The van der Waals surface area contributed by atoms with Gasteiger partial charge < -0.3 is 10.2 Å². The van der Waals surface area contributed by atoms with Crippen LogP contribution < -0.4 is 10.0 Å². The summed E-state index contributed by atoms with van der Waals surface area (Å²) in [7, 11) is -1.51. The number of sulfonamides is 1. The molecule has 0 amide bonds. The normalized spacial score (nSPS) is 26.9. The lowest BCUT2D eigenvalue weighted by molar-refractivity contribution is 0.176. The highest BCUT2D eigenvalue weighted by Crippen LogP contribution is 2.28. The van der Waals surface area contributed by atoms with Crippen LogP contribution in [0, 0.1) is 0 Å². The fourth-order valence-corrected chi connectivity index (χ4v) is 5.96. The van der Waals surface area contributed by atoms with Gasteiger partial charge in [0.1, 0.15) is 0 Å². The van der Waals surface area contributed by atoms with Crippen molar-refractivity contribution in [3.05, 3.63) is 16.3 Å². The average Bonchev–Trinajstić information content (AvgIpc) is 3.07. The summed E-state index contributed by atoms with van der Waals surface area (Å²) < 4.78 is 27.9. The Morgan fingerprint density at radius 1 is 1.38 bits per heavy atom. The molecule has 1 aromatic rings. The number of nitrogens with zero attached hydrogens (tertiary/aromatic N) is 1. The van der Waals surface area contributed by atoms with E-state index in [2.05, 4.69) is 14.9 Å². The largest absolute Gasteiger partial charge is 0.315 e. The van der Waals surface area contributed by atoms with Gasteiger partial charge in [-0.15, -0.1) is 11.3 Å². The predicted octanol–water partition coefficient (Wildman–Crippen LogP) is 1.37. The lowest BCUT2D eigenvalue weighted by atomic mass is 9.99. The van der Waals surface area contributed by atoms with Crippen molar-refractivity contribution in [1.29, 1.82) is 0 Å².